The number of Topliss-reactive ketones (excluding diaryl/α,β-unsaturated/α-hetero) is 2. The number of allylic oxidation sites excluding steroid dienone is 1. The van der Waals surface area contributed by atoms with Gasteiger partial charge in [0.25, 0.3) is 5.78 Å². The van der Waals surface area contributed by atoms with Crippen molar-refractivity contribution in [3.05, 3.63) is 12.3 Å². The second-order valence-corrected chi connectivity index (χ2v) is 2.40. The highest BCUT2D eigenvalue weighted by atomic mass is 16.5. The fourth-order valence-electron chi connectivity index (χ4n) is 0.876. The van der Waals surface area contributed by atoms with E-state index in [1.165, 1.54) is 0 Å². The van der Waals surface area contributed by atoms with E-state index >= 15 is 0 Å². The minimum absolute atomic E-state index is 0.280. The van der Waals surface area contributed by atoms with Crippen LogP contribution in [-0.4, -0.2) is 40.6 Å². The first-order chi connectivity index (χ1) is 5.57. The molecule has 12 heavy (non-hydrogen) atoms. The summed E-state index contributed by atoms with van der Waals surface area (Å²) in [7, 11) is 0. The molecular formula is C7H8O5. The number of rotatable bonds is 2. The third kappa shape index (κ3) is 1.24. The predicted octanol–water partition coefficient (Wildman–Crippen LogP) is -1.61. The topological polar surface area (TPSA) is 83.8 Å². The van der Waals surface area contributed by atoms with E-state index in [-0.39, 0.29) is 5.76 Å². The van der Waals surface area contributed by atoms with Crippen molar-refractivity contribution >= 4 is 11.6 Å². The average Bonchev–Trinajstić information content (AvgIpc) is 2.32. The maximum atomic E-state index is 10.9. The monoisotopic (exact) mass is 172 g/mol. The molecule has 1 unspecified atom stereocenters. The van der Waals surface area contributed by atoms with E-state index in [1.807, 2.05) is 0 Å². The minimum atomic E-state index is -1.36. The van der Waals surface area contributed by atoms with Gasteiger partial charge in [0.1, 0.15) is 6.10 Å². The van der Waals surface area contributed by atoms with Crippen molar-refractivity contribution < 1.29 is 24.5 Å². The molecule has 0 aromatic carbocycles. The van der Waals surface area contributed by atoms with Crippen molar-refractivity contribution in [1.82, 2.24) is 0 Å². The number of carbonyl (C=O) groups excluding carboxylic acids is 2. The Balaban J connectivity index is 2.78. The number of carbonyl (C=O) groups is 2. The molecular weight excluding hydrogens is 164 g/mol. The van der Waals surface area contributed by atoms with Gasteiger partial charge in [-0.3, -0.25) is 9.59 Å². The summed E-state index contributed by atoms with van der Waals surface area (Å²) < 4.78 is 4.63. The van der Waals surface area contributed by atoms with Crippen molar-refractivity contribution in [3.63, 3.8) is 0 Å². The predicted molar refractivity (Wildman–Crippen MR) is 37.1 cm³/mol. The van der Waals surface area contributed by atoms with Crippen LogP contribution in [0.3, 0.4) is 0 Å². The first kappa shape index (κ1) is 8.89. The second kappa shape index (κ2) is 3.04. The normalized spacial score (nSPS) is 25.8. The second-order valence-electron chi connectivity index (χ2n) is 2.40. The van der Waals surface area contributed by atoms with E-state index in [9.17, 15) is 9.59 Å². The number of ketones is 2. The standard InChI is InChI=1S/C7H8O5/c1-3-5(10)6(11)7(12-3)4(9)2-8/h4,7-9H,1-2H2/t4-,7?/m0/s1. The fourth-order valence-corrected chi connectivity index (χ4v) is 0.876. The van der Waals surface area contributed by atoms with E-state index in [4.69, 9.17) is 10.2 Å². The molecule has 0 aromatic rings. The maximum absolute atomic E-state index is 10.9. The van der Waals surface area contributed by atoms with Crippen molar-refractivity contribution in [3.8, 4) is 0 Å². The van der Waals surface area contributed by atoms with E-state index in [1.54, 1.807) is 0 Å². The maximum Gasteiger partial charge on any atom is 0.266 e. The van der Waals surface area contributed by atoms with Gasteiger partial charge in [0.05, 0.1) is 6.61 Å². The SMILES string of the molecule is C=C1OC([C@@H](O)CO)C(=O)C1=O. The zero-order valence-electron chi connectivity index (χ0n) is 6.19. The number of aliphatic hydroxyl groups is 2. The van der Waals surface area contributed by atoms with Crippen LogP contribution in [0.25, 0.3) is 0 Å². The Morgan fingerprint density at radius 1 is 1.58 bits per heavy atom. The van der Waals surface area contributed by atoms with Crippen LogP contribution in [0.1, 0.15) is 0 Å². The van der Waals surface area contributed by atoms with E-state index in [2.05, 4.69) is 11.3 Å². The molecule has 2 atom stereocenters. The zero-order chi connectivity index (χ0) is 9.30. The lowest BCUT2D eigenvalue weighted by Gasteiger charge is -2.12. The molecule has 0 aliphatic carbocycles. The highest BCUT2D eigenvalue weighted by molar-refractivity contribution is 6.46. The van der Waals surface area contributed by atoms with Crippen LogP contribution in [0.2, 0.25) is 0 Å². The van der Waals surface area contributed by atoms with E-state index < -0.39 is 30.4 Å². The lowest BCUT2D eigenvalue weighted by atomic mass is 10.1. The van der Waals surface area contributed by atoms with Gasteiger partial charge >= 0.3 is 0 Å². The summed E-state index contributed by atoms with van der Waals surface area (Å²) in [4.78, 5) is 21.7. The molecule has 0 spiro atoms. The molecule has 1 aliphatic heterocycles. The molecule has 0 aromatic heterocycles. The Morgan fingerprint density at radius 2 is 2.17 bits per heavy atom. The third-order valence-electron chi connectivity index (χ3n) is 1.54. The molecule has 1 rings (SSSR count). The molecule has 0 amide bonds. The molecule has 0 saturated carbocycles. The Kier molecular flexibility index (Phi) is 2.25. The van der Waals surface area contributed by atoms with Crippen LogP contribution in [0, 0.1) is 0 Å². The van der Waals surface area contributed by atoms with Gasteiger partial charge in [0, 0.05) is 0 Å². The van der Waals surface area contributed by atoms with Crippen molar-refractivity contribution in [2.75, 3.05) is 6.61 Å². The van der Waals surface area contributed by atoms with Crippen molar-refractivity contribution in [2.45, 2.75) is 12.2 Å². The van der Waals surface area contributed by atoms with Gasteiger partial charge < -0.3 is 14.9 Å². The van der Waals surface area contributed by atoms with Gasteiger partial charge in [-0.25, -0.2) is 0 Å². The van der Waals surface area contributed by atoms with Gasteiger partial charge in [-0.1, -0.05) is 6.58 Å². The summed E-state index contributed by atoms with van der Waals surface area (Å²) in [5.41, 5.74) is 0. The van der Waals surface area contributed by atoms with Crippen molar-refractivity contribution in [1.29, 1.82) is 0 Å². The third-order valence-corrected chi connectivity index (χ3v) is 1.54. The number of aliphatic hydroxyl groups excluding tert-OH is 2. The molecule has 1 saturated heterocycles. The van der Waals surface area contributed by atoms with Crippen molar-refractivity contribution in [2.24, 2.45) is 0 Å². The first-order valence-electron chi connectivity index (χ1n) is 3.31. The molecule has 5 heteroatoms. The fraction of sp³-hybridized carbons (Fsp3) is 0.429. The van der Waals surface area contributed by atoms with Crippen LogP contribution < -0.4 is 0 Å². The van der Waals surface area contributed by atoms with E-state index in [0.29, 0.717) is 0 Å². The van der Waals surface area contributed by atoms with Gasteiger partial charge in [-0.15, -0.1) is 0 Å². The summed E-state index contributed by atoms with van der Waals surface area (Å²) in [5.74, 6) is -1.98. The minimum Gasteiger partial charge on any atom is -0.476 e. The molecule has 5 nitrogen and oxygen atoms in total. The Bertz CT molecular complexity index is 244. The van der Waals surface area contributed by atoms with Gasteiger partial charge in [-0.05, 0) is 0 Å². The number of hydrogen-bond acceptors (Lipinski definition) is 5. The van der Waals surface area contributed by atoms with Crippen LogP contribution >= 0.6 is 0 Å². The zero-order valence-corrected chi connectivity index (χ0v) is 6.19. The lowest BCUT2D eigenvalue weighted by Crippen LogP contribution is -2.35. The van der Waals surface area contributed by atoms with Gasteiger partial charge in [0.2, 0.25) is 5.78 Å². The lowest BCUT2D eigenvalue weighted by molar-refractivity contribution is -0.137. The molecule has 1 heterocycles. The summed E-state index contributed by atoms with van der Waals surface area (Å²) in [6.07, 6.45) is -2.64. The summed E-state index contributed by atoms with van der Waals surface area (Å²) in [6, 6.07) is 0. The van der Waals surface area contributed by atoms with Gasteiger partial charge in [0.15, 0.2) is 11.9 Å². The number of hydrogen-bond donors (Lipinski definition) is 2. The Hall–Kier alpha value is -1.20. The van der Waals surface area contributed by atoms with E-state index in [0.717, 1.165) is 0 Å². The smallest absolute Gasteiger partial charge is 0.266 e. The van der Waals surface area contributed by atoms with Crippen LogP contribution in [0.4, 0.5) is 0 Å². The van der Waals surface area contributed by atoms with Crippen LogP contribution in [-0.2, 0) is 14.3 Å². The molecule has 2 N–H and O–H groups in total. The van der Waals surface area contributed by atoms with Gasteiger partial charge in [-0.2, -0.15) is 0 Å². The Morgan fingerprint density at radius 3 is 2.50 bits per heavy atom. The quantitative estimate of drug-likeness (QED) is 0.386. The highest BCUT2D eigenvalue weighted by Crippen LogP contribution is 2.17. The summed E-state index contributed by atoms with van der Waals surface area (Å²) >= 11 is 0. The molecule has 0 radical (unpaired) electrons. The largest absolute Gasteiger partial charge is 0.476 e. The molecule has 1 fully saturated rings. The van der Waals surface area contributed by atoms with Crippen LogP contribution in [0.15, 0.2) is 12.3 Å². The number of ether oxygens (including phenoxy) is 1. The molecule has 0 bridgehead atoms. The summed E-state index contributed by atoms with van der Waals surface area (Å²) in [6.45, 7) is 2.54. The van der Waals surface area contributed by atoms with Crippen LogP contribution in [0.5, 0.6) is 0 Å². The molecule has 1 aliphatic rings. The summed E-state index contributed by atoms with van der Waals surface area (Å²) in [5, 5.41) is 17.4. The highest BCUT2D eigenvalue weighted by Gasteiger charge is 2.41. The molecule has 66 valence electrons. The Labute approximate surface area is 68.3 Å². The first-order valence-corrected chi connectivity index (χ1v) is 3.31. The average molecular weight is 172 g/mol.